The van der Waals surface area contributed by atoms with E-state index in [2.05, 4.69) is 23.8 Å². The smallest absolute Gasteiger partial charge is 0.126 e. The first-order valence-corrected chi connectivity index (χ1v) is 6.86. The van der Waals surface area contributed by atoms with Crippen molar-refractivity contribution in [2.24, 2.45) is 5.73 Å². The van der Waals surface area contributed by atoms with Crippen LogP contribution in [0.2, 0.25) is 0 Å². The fraction of sp³-hybridized carbons (Fsp3) is 0.600. The van der Waals surface area contributed by atoms with Crippen LogP contribution in [0.5, 0.6) is 0 Å². The molecule has 1 atom stereocenters. The van der Waals surface area contributed by atoms with Crippen molar-refractivity contribution in [3.05, 3.63) is 35.1 Å². The van der Waals surface area contributed by atoms with Gasteiger partial charge in [-0.1, -0.05) is 12.1 Å². The predicted molar refractivity (Wildman–Crippen MR) is 76.5 cm³/mol. The van der Waals surface area contributed by atoms with Crippen molar-refractivity contribution >= 4 is 0 Å². The first-order chi connectivity index (χ1) is 8.88. The van der Waals surface area contributed by atoms with Crippen LogP contribution in [0, 0.1) is 12.7 Å². The fourth-order valence-electron chi connectivity index (χ4n) is 2.66. The van der Waals surface area contributed by atoms with Gasteiger partial charge < -0.3 is 10.6 Å². The van der Waals surface area contributed by atoms with Crippen LogP contribution in [-0.4, -0.2) is 48.7 Å². The molecule has 4 heteroatoms. The molecule has 19 heavy (non-hydrogen) atoms. The van der Waals surface area contributed by atoms with Gasteiger partial charge in [-0.25, -0.2) is 4.39 Å². The highest BCUT2D eigenvalue weighted by atomic mass is 19.1. The molecule has 1 saturated heterocycles. The summed E-state index contributed by atoms with van der Waals surface area (Å²) >= 11 is 0. The highest BCUT2D eigenvalue weighted by Crippen LogP contribution is 2.19. The van der Waals surface area contributed by atoms with Crippen LogP contribution in [0.15, 0.2) is 18.2 Å². The summed E-state index contributed by atoms with van der Waals surface area (Å²) < 4.78 is 13.3. The van der Waals surface area contributed by atoms with Crippen molar-refractivity contribution in [1.29, 1.82) is 0 Å². The zero-order valence-corrected chi connectivity index (χ0v) is 12.1. The van der Waals surface area contributed by atoms with Crippen molar-refractivity contribution in [2.75, 3.05) is 33.2 Å². The number of hydrogen-bond donors (Lipinski definition) is 1. The molecule has 0 radical (unpaired) electrons. The molecule has 0 aliphatic carbocycles. The number of benzene rings is 1. The summed E-state index contributed by atoms with van der Waals surface area (Å²) in [4.78, 5) is 4.64. The Bertz CT molecular complexity index is 437. The van der Waals surface area contributed by atoms with E-state index in [1.165, 1.54) is 6.07 Å². The lowest BCUT2D eigenvalue weighted by molar-refractivity contribution is 0.0546. The molecular weight excluding hydrogens is 241 g/mol. The second-order valence-corrected chi connectivity index (χ2v) is 5.91. The number of nitrogens with zero attached hydrogens (tertiary/aromatic N) is 2. The molecule has 0 aromatic heterocycles. The number of aryl methyl sites for hydroxylation is 1. The molecule has 1 aliphatic heterocycles. The van der Waals surface area contributed by atoms with Crippen molar-refractivity contribution in [3.8, 4) is 0 Å². The second kappa shape index (κ2) is 5.57. The summed E-state index contributed by atoms with van der Waals surface area (Å²) in [7, 11) is 2.13. The lowest BCUT2D eigenvalue weighted by Crippen LogP contribution is -2.60. The summed E-state index contributed by atoms with van der Waals surface area (Å²) in [5.41, 5.74) is 7.89. The van der Waals surface area contributed by atoms with Crippen LogP contribution in [0.4, 0.5) is 4.39 Å². The molecule has 0 bridgehead atoms. The van der Waals surface area contributed by atoms with Gasteiger partial charge in [0.25, 0.3) is 0 Å². The molecule has 106 valence electrons. The maximum Gasteiger partial charge on any atom is 0.126 e. The molecule has 1 aromatic rings. The van der Waals surface area contributed by atoms with Crippen molar-refractivity contribution in [3.63, 3.8) is 0 Å². The van der Waals surface area contributed by atoms with Crippen LogP contribution in [0.25, 0.3) is 0 Å². The van der Waals surface area contributed by atoms with E-state index in [0.29, 0.717) is 5.56 Å². The maximum absolute atomic E-state index is 13.3. The molecule has 2 N–H and O–H groups in total. The van der Waals surface area contributed by atoms with Gasteiger partial charge in [0.05, 0.1) is 5.66 Å². The van der Waals surface area contributed by atoms with Crippen LogP contribution in [0.3, 0.4) is 0 Å². The minimum atomic E-state index is -0.370. The summed E-state index contributed by atoms with van der Waals surface area (Å²) in [5.74, 6) is -0.151. The Balaban J connectivity index is 2.05. The zero-order valence-electron chi connectivity index (χ0n) is 12.1. The summed E-state index contributed by atoms with van der Waals surface area (Å²) in [6, 6.07) is 5.27. The molecule has 1 aliphatic rings. The third kappa shape index (κ3) is 3.53. The Morgan fingerprint density at radius 2 is 1.89 bits per heavy atom. The van der Waals surface area contributed by atoms with Crippen molar-refractivity contribution in [1.82, 2.24) is 9.80 Å². The zero-order chi connectivity index (χ0) is 14.0. The first-order valence-electron chi connectivity index (χ1n) is 6.86. The van der Waals surface area contributed by atoms with Crippen molar-refractivity contribution < 1.29 is 4.39 Å². The molecule has 0 saturated carbocycles. The minimum Gasteiger partial charge on any atom is -0.313 e. The van der Waals surface area contributed by atoms with Gasteiger partial charge in [-0.15, -0.1) is 0 Å². The van der Waals surface area contributed by atoms with E-state index in [-0.39, 0.29) is 11.5 Å². The third-order valence-corrected chi connectivity index (χ3v) is 4.01. The lowest BCUT2D eigenvalue weighted by Gasteiger charge is -2.43. The monoisotopic (exact) mass is 265 g/mol. The van der Waals surface area contributed by atoms with E-state index in [1.807, 2.05) is 12.1 Å². The van der Waals surface area contributed by atoms with Gasteiger partial charge in [0, 0.05) is 32.6 Å². The Morgan fingerprint density at radius 3 is 2.47 bits per heavy atom. The Kier molecular flexibility index (Phi) is 4.23. The van der Waals surface area contributed by atoms with Gasteiger partial charge in [0.2, 0.25) is 0 Å². The quantitative estimate of drug-likeness (QED) is 0.901. The van der Waals surface area contributed by atoms with E-state index in [1.54, 1.807) is 6.92 Å². The van der Waals surface area contributed by atoms with E-state index >= 15 is 0 Å². The van der Waals surface area contributed by atoms with E-state index in [4.69, 9.17) is 5.73 Å². The molecule has 1 fully saturated rings. The number of hydrogen-bond acceptors (Lipinski definition) is 3. The summed E-state index contributed by atoms with van der Waals surface area (Å²) in [5, 5.41) is 0. The number of halogens is 1. The topological polar surface area (TPSA) is 32.5 Å². The molecule has 1 unspecified atom stereocenters. The Morgan fingerprint density at radius 1 is 1.26 bits per heavy atom. The number of rotatable bonds is 3. The molecular formula is C15H24FN3. The van der Waals surface area contributed by atoms with Crippen LogP contribution >= 0.6 is 0 Å². The first kappa shape index (κ1) is 14.4. The van der Waals surface area contributed by atoms with Gasteiger partial charge in [0.1, 0.15) is 5.82 Å². The van der Waals surface area contributed by atoms with Crippen LogP contribution in [0.1, 0.15) is 18.1 Å². The van der Waals surface area contributed by atoms with Gasteiger partial charge >= 0.3 is 0 Å². The fourth-order valence-corrected chi connectivity index (χ4v) is 2.66. The Labute approximate surface area is 115 Å². The third-order valence-electron chi connectivity index (χ3n) is 4.01. The highest BCUT2D eigenvalue weighted by Gasteiger charge is 2.29. The minimum absolute atomic E-state index is 0.151. The van der Waals surface area contributed by atoms with Gasteiger partial charge in [-0.3, -0.25) is 4.90 Å². The van der Waals surface area contributed by atoms with Gasteiger partial charge in [0.15, 0.2) is 0 Å². The SMILES string of the molecule is Cc1cc(CC(C)(N)N2CCN(C)CC2)ccc1F. The molecule has 2 rings (SSSR count). The highest BCUT2D eigenvalue weighted by molar-refractivity contribution is 5.25. The predicted octanol–water partition coefficient (Wildman–Crippen LogP) is 1.60. The summed E-state index contributed by atoms with van der Waals surface area (Å²) in [6.07, 6.45) is 0.748. The van der Waals surface area contributed by atoms with Gasteiger partial charge in [-0.2, -0.15) is 0 Å². The Hall–Kier alpha value is -0.970. The molecule has 1 aromatic carbocycles. The van der Waals surface area contributed by atoms with Crippen LogP contribution < -0.4 is 5.73 Å². The average molecular weight is 265 g/mol. The largest absolute Gasteiger partial charge is 0.313 e. The standard InChI is InChI=1S/C15H24FN3/c1-12-10-13(4-5-14(12)16)11-15(2,17)19-8-6-18(3)7-9-19/h4-5,10H,6-9,11,17H2,1-3H3. The van der Waals surface area contributed by atoms with Gasteiger partial charge in [-0.05, 0) is 38.1 Å². The van der Waals surface area contributed by atoms with Crippen LogP contribution in [-0.2, 0) is 6.42 Å². The number of likely N-dealkylation sites (N-methyl/N-ethyl adjacent to an activating group) is 1. The number of piperazine rings is 1. The molecule has 0 amide bonds. The molecule has 0 spiro atoms. The lowest BCUT2D eigenvalue weighted by atomic mass is 9.98. The maximum atomic E-state index is 13.3. The van der Waals surface area contributed by atoms with E-state index in [9.17, 15) is 4.39 Å². The van der Waals surface area contributed by atoms with Crippen molar-refractivity contribution in [2.45, 2.75) is 25.9 Å². The average Bonchev–Trinajstić information content (AvgIpc) is 2.34. The molecule has 3 nitrogen and oxygen atoms in total. The van der Waals surface area contributed by atoms with E-state index in [0.717, 1.165) is 38.2 Å². The molecule has 1 heterocycles. The number of nitrogens with two attached hydrogens (primary N) is 1. The van der Waals surface area contributed by atoms with E-state index < -0.39 is 0 Å². The summed E-state index contributed by atoms with van der Waals surface area (Å²) in [6.45, 7) is 7.94. The normalized spacial score (nSPS) is 21.3. The second-order valence-electron chi connectivity index (χ2n) is 5.91.